The molecule has 24 heavy (non-hydrogen) atoms. The molecule has 132 valence electrons. The molecule has 0 spiro atoms. The van der Waals surface area contributed by atoms with Crippen LogP contribution < -0.4 is 0 Å². The van der Waals surface area contributed by atoms with Crippen LogP contribution >= 0.6 is 0 Å². The Kier molecular flexibility index (Phi) is 6.21. The second-order valence-electron chi connectivity index (χ2n) is 6.22. The molecule has 1 aromatic carbocycles. The van der Waals surface area contributed by atoms with E-state index < -0.39 is 18.7 Å². The van der Waals surface area contributed by atoms with Crippen LogP contribution in [0.1, 0.15) is 30.5 Å². The summed E-state index contributed by atoms with van der Waals surface area (Å²) < 4.78 is 36.8. The second kappa shape index (κ2) is 7.97. The summed E-state index contributed by atoms with van der Waals surface area (Å²) in [4.78, 5) is 4.11. The minimum Gasteiger partial charge on any atom is -0.391 e. The van der Waals surface area contributed by atoms with Gasteiger partial charge in [-0.3, -0.25) is 9.80 Å². The molecule has 0 aromatic heterocycles. The Morgan fingerprint density at radius 3 is 2.50 bits per heavy atom. The largest absolute Gasteiger partial charge is 0.391 e. The Morgan fingerprint density at radius 1 is 1.25 bits per heavy atom. The SMILES string of the molecule is C[C@@H](c1cccc(C#N)c1)N1CCN(C[C@H](O)CC(F)(F)F)CC1. The van der Waals surface area contributed by atoms with Gasteiger partial charge in [-0.15, -0.1) is 0 Å². The molecule has 0 aliphatic carbocycles. The Hall–Kier alpha value is -1.62. The maximum atomic E-state index is 12.3. The number of benzene rings is 1. The van der Waals surface area contributed by atoms with Gasteiger partial charge < -0.3 is 5.11 Å². The normalized spacial score (nSPS) is 19.7. The molecule has 2 rings (SSSR count). The van der Waals surface area contributed by atoms with Crippen LogP contribution in [0.4, 0.5) is 13.2 Å². The Morgan fingerprint density at radius 2 is 1.92 bits per heavy atom. The minimum atomic E-state index is -4.33. The first-order chi connectivity index (χ1) is 11.3. The van der Waals surface area contributed by atoms with Gasteiger partial charge in [-0.05, 0) is 24.6 Å². The lowest BCUT2D eigenvalue weighted by Crippen LogP contribution is -2.49. The lowest BCUT2D eigenvalue weighted by Gasteiger charge is -2.39. The van der Waals surface area contributed by atoms with Gasteiger partial charge >= 0.3 is 6.18 Å². The second-order valence-corrected chi connectivity index (χ2v) is 6.22. The number of β-amino-alcohol motifs (C(OH)–C–C–N with tert-alkyl or cyclic N) is 1. The molecule has 7 heteroatoms. The minimum absolute atomic E-state index is 0.0473. The van der Waals surface area contributed by atoms with E-state index in [-0.39, 0.29) is 12.6 Å². The highest BCUT2D eigenvalue weighted by Crippen LogP contribution is 2.24. The Labute approximate surface area is 140 Å². The standard InChI is InChI=1S/C17H22F3N3O/c1-13(15-4-2-3-14(9-15)11-21)23-7-5-22(6-8-23)12-16(24)10-17(18,19)20/h2-4,9,13,16,24H,5-8,10,12H2,1H3/t13-,16+/m0/s1. The van der Waals surface area contributed by atoms with Crippen LogP contribution in [0.5, 0.6) is 0 Å². The van der Waals surface area contributed by atoms with Crippen molar-refractivity contribution >= 4 is 0 Å². The first-order valence-electron chi connectivity index (χ1n) is 8.00. The number of nitriles is 1. The molecule has 1 aromatic rings. The highest BCUT2D eigenvalue weighted by molar-refractivity contribution is 5.34. The monoisotopic (exact) mass is 341 g/mol. The first kappa shape index (κ1) is 18.7. The summed E-state index contributed by atoms with van der Waals surface area (Å²) in [6, 6.07) is 9.72. The van der Waals surface area contributed by atoms with Crippen molar-refractivity contribution in [2.75, 3.05) is 32.7 Å². The Balaban J connectivity index is 1.85. The first-order valence-corrected chi connectivity index (χ1v) is 8.00. The molecule has 1 saturated heterocycles. The third-order valence-corrected chi connectivity index (χ3v) is 4.39. The molecule has 1 heterocycles. The van der Waals surface area contributed by atoms with Crippen molar-refractivity contribution < 1.29 is 18.3 Å². The fourth-order valence-corrected chi connectivity index (χ4v) is 3.04. The molecule has 4 nitrogen and oxygen atoms in total. The van der Waals surface area contributed by atoms with Gasteiger partial charge in [0.1, 0.15) is 0 Å². The summed E-state index contributed by atoms with van der Waals surface area (Å²) in [5.41, 5.74) is 1.67. The number of nitrogens with zero attached hydrogens (tertiary/aromatic N) is 3. The number of hydrogen-bond acceptors (Lipinski definition) is 4. The van der Waals surface area contributed by atoms with E-state index in [0.29, 0.717) is 18.7 Å². The van der Waals surface area contributed by atoms with Crippen molar-refractivity contribution in [3.63, 3.8) is 0 Å². The van der Waals surface area contributed by atoms with Crippen LogP contribution in [0, 0.1) is 11.3 Å². The van der Waals surface area contributed by atoms with E-state index in [1.54, 1.807) is 6.07 Å². The van der Waals surface area contributed by atoms with Crippen LogP contribution in [-0.2, 0) is 0 Å². The summed E-state index contributed by atoms with van der Waals surface area (Å²) in [5, 5.41) is 18.5. The number of aliphatic hydroxyl groups excluding tert-OH is 1. The van der Waals surface area contributed by atoms with E-state index in [9.17, 15) is 18.3 Å². The zero-order valence-corrected chi connectivity index (χ0v) is 13.6. The van der Waals surface area contributed by atoms with Crippen LogP contribution in [0.15, 0.2) is 24.3 Å². The number of aliphatic hydroxyl groups is 1. The van der Waals surface area contributed by atoms with E-state index in [2.05, 4.69) is 17.9 Å². The number of rotatable bonds is 5. The summed E-state index contributed by atoms with van der Waals surface area (Å²) >= 11 is 0. The fraction of sp³-hybridized carbons (Fsp3) is 0.588. The maximum Gasteiger partial charge on any atom is 0.391 e. The van der Waals surface area contributed by atoms with Gasteiger partial charge in [-0.25, -0.2) is 0 Å². The lowest BCUT2D eigenvalue weighted by molar-refractivity contribution is -0.155. The Bertz CT molecular complexity index is 577. The number of alkyl halides is 3. The molecular weight excluding hydrogens is 319 g/mol. The predicted molar refractivity (Wildman–Crippen MR) is 84.3 cm³/mol. The van der Waals surface area contributed by atoms with Crippen molar-refractivity contribution in [3.8, 4) is 6.07 Å². The van der Waals surface area contributed by atoms with Crippen LogP contribution in [0.25, 0.3) is 0 Å². The smallest absolute Gasteiger partial charge is 0.391 e. The average molecular weight is 341 g/mol. The van der Waals surface area contributed by atoms with Gasteiger partial charge in [0.15, 0.2) is 0 Å². The van der Waals surface area contributed by atoms with Crippen LogP contribution in [-0.4, -0.2) is 59.9 Å². The molecular formula is C17H22F3N3O. The molecule has 0 unspecified atom stereocenters. The van der Waals surface area contributed by atoms with Crippen molar-refractivity contribution in [2.45, 2.75) is 31.7 Å². The van der Waals surface area contributed by atoms with E-state index in [1.165, 1.54) is 0 Å². The van der Waals surface area contributed by atoms with Crippen molar-refractivity contribution in [2.24, 2.45) is 0 Å². The number of hydrogen-bond donors (Lipinski definition) is 1. The van der Waals surface area contributed by atoms with E-state index >= 15 is 0 Å². The van der Waals surface area contributed by atoms with Crippen molar-refractivity contribution in [3.05, 3.63) is 35.4 Å². The molecule has 1 fully saturated rings. The molecule has 0 amide bonds. The van der Waals surface area contributed by atoms with Crippen molar-refractivity contribution in [1.82, 2.24) is 9.80 Å². The molecule has 0 bridgehead atoms. The lowest BCUT2D eigenvalue weighted by atomic mass is 10.0. The summed E-state index contributed by atoms with van der Waals surface area (Å²) in [6.07, 6.45) is -6.87. The average Bonchev–Trinajstić information content (AvgIpc) is 2.53. The molecule has 0 radical (unpaired) electrons. The quantitative estimate of drug-likeness (QED) is 0.894. The van der Waals surface area contributed by atoms with Crippen molar-refractivity contribution in [1.29, 1.82) is 5.26 Å². The molecule has 1 aliphatic rings. The van der Waals surface area contributed by atoms with Gasteiger partial charge in [0.25, 0.3) is 0 Å². The molecule has 2 atom stereocenters. The van der Waals surface area contributed by atoms with E-state index in [1.807, 2.05) is 23.1 Å². The summed E-state index contributed by atoms with van der Waals surface area (Å²) in [5.74, 6) is 0. The number of halogens is 3. The van der Waals surface area contributed by atoms with Gasteiger partial charge in [-0.2, -0.15) is 18.4 Å². The summed E-state index contributed by atoms with van der Waals surface area (Å²) in [7, 11) is 0. The van der Waals surface area contributed by atoms with Gasteiger partial charge in [-0.1, -0.05) is 12.1 Å². The zero-order valence-electron chi connectivity index (χ0n) is 13.6. The van der Waals surface area contributed by atoms with E-state index in [0.717, 1.165) is 18.7 Å². The summed E-state index contributed by atoms with van der Waals surface area (Å²) in [6.45, 7) is 4.79. The number of piperazine rings is 1. The van der Waals surface area contributed by atoms with Gasteiger partial charge in [0.2, 0.25) is 0 Å². The highest BCUT2D eigenvalue weighted by Gasteiger charge is 2.32. The predicted octanol–water partition coefficient (Wildman–Crippen LogP) is 2.55. The van der Waals surface area contributed by atoms with E-state index in [4.69, 9.17) is 5.26 Å². The third kappa shape index (κ3) is 5.48. The zero-order chi connectivity index (χ0) is 17.7. The van der Waals surface area contributed by atoms with Crippen LogP contribution in [0.3, 0.4) is 0 Å². The van der Waals surface area contributed by atoms with Crippen LogP contribution in [0.2, 0.25) is 0 Å². The maximum absolute atomic E-state index is 12.3. The topological polar surface area (TPSA) is 50.5 Å². The fourth-order valence-electron chi connectivity index (χ4n) is 3.04. The molecule has 0 saturated carbocycles. The molecule has 1 aliphatic heterocycles. The van der Waals surface area contributed by atoms with Gasteiger partial charge in [0.05, 0.1) is 24.2 Å². The van der Waals surface area contributed by atoms with Gasteiger partial charge in [0, 0.05) is 38.8 Å². The highest BCUT2D eigenvalue weighted by atomic mass is 19.4. The molecule has 1 N–H and O–H groups in total. The third-order valence-electron chi connectivity index (χ3n) is 4.39.